The molecule has 6 heteroatoms. The molecule has 0 bridgehead atoms. The molecule has 1 fully saturated rings. The van der Waals surface area contributed by atoms with Gasteiger partial charge < -0.3 is 10.4 Å². The van der Waals surface area contributed by atoms with Crippen molar-refractivity contribution in [2.24, 2.45) is 5.92 Å². The highest BCUT2D eigenvalue weighted by Gasteiger charge is 2.29. The van der Waals surface area contributed by atoms with Gasteiger partial charge in [-0.05, 0) is 45.2 Å². The fraction of sp³-hybridized carbons (Fsp3) is 0.909. The number of piperidine rings is 1. The van der Waals surface area contributed by atoms with Gasteiger partial charge in [0.1, 0.15) is 0 Å². The second-order valence-corrected chi connectivity index (χ2v) is 7.13. The Hall–Kier alpha value is -0.620. The van der Waals surface area contributed by atoms with E-state index in [1.54, 1.807) is 6.92 Å². The summed E-state index contributed by atoms with van der Waals surface area (Å²) in [6, 6.07) is 0. The summed E-state index contributed by atoms with van der Waals surface area (Å²) in [4.78, 5) is 10.4. The van der Waals surface area contributed by atoms with E-state index in [1.165, 1.54) is 0 Å². The van der Waals surface area contributed by atoms with Crippen LogP contribution in [0.5, 0.6) is 0 Å². The van der Waals surface area contributed by atoms with Crippen LogP contribution in [0.3, 0.4) is 0 Å². The Morgan fingerprint density at radius 2 is 2.00 bits per heavy atom. The Morgan fingerprint density at radius 1 is 1.41 bits per heavy atom. The van der Waals surface area contributed by atoms with E-state index >= 15 is 0 Å². The van der Waals surface area contributed by atoms with E-state index in [2.05, 4.69) is 5.32 Å². The van der Waals surface area contributed by atoms with Crippen LogP contribution in [-0.2, 0) is 14.6 Å². The Morgan fingerprint density at radius 3 is 2.53 bits per heavy atom. The lowest BCUT2D eigenvalue weighted by Gasteiger charge is -2.27. The van der Waals surface area contributed by atoms with E-state index in [4.69, 9.17) is 5.11 Å². The third kappa shape index (κ3) is 4.63. The molecule has 100 valence electrons. The van der Waals surface area contributed by atoms with Gasteiger partial charge in [-0.25, -0.2) is 8.42 Å². The summed E-state index contributed by atoms with van der Waals surface area (Å²) < 4.78 is 24.0. The maximum Gasteiger partial charge on any atom is 0.303 e. The highest BCUT2D eigenvalue weighted by atomic mass is 32.2. The number of nitrogens with one attached hydrogen (secondary N) is 1. The van der Waals surface area contributed by atoms with Crippen LogP contribution >= 0.6 is 0 Å². The molecule has 1 aliphatic rings. The molecule has 0 aromatic heterocycles. The van der Waals surface area contributed by atoms with E-state index in [1.807, 2.05) is 0 Å². The minimum Gasteiger partial charge on any atom is -0.481 e. The Kier molecular flexibility index (Phi) is 5.39. The summed E-state index contributed by atoms with van der Waals surface area (Å²) in [6.45, 7) is 3.51. The molecule has 1 heterocycles. The first-order chi connectivity index (χ1) is 7.93. The largest absolute Gasteiger partial charge is 0.481 e. The van der Waals surface area contributed by atoms with Crippen molar-refractivity contribution in [2.45, 2.75) is 37.9 Å². The van der Waals surface area contributed by atoms with Crippen LogP contribution in [0.1, 0.15) is 32.6 Å². The molecule has 0 aliphatic carbocycles. The quantitative estimate of drug-likeness (QED) is 0.735. The summed E-state index contributed by atoms with van der Waals surface area (Å²) in [5, 5.41) is 11.4. The third-order valence-electron chi connectivity index (χ3n) is 3.43. The van der Waals surface area contributed by atoms with E-state index in [0.717, 1.165) is 25.9 Å². The van der Waals surface area contributed by atoms with Crippen molar-refractivity contribution in [3.63, 3.8) is 0 Å². The van der Waals surface area contributed by atoms with Crippen LogP contribution in [0.15, 0.2) is 0 Å². The molecule has 0 spiro atoms. The zero-order chi connectivity index (χ0) is 12.9. The number of carboxylic acid groups (broad SMARTS) is 1. The number of hydrogen-bond donors (Lipinski definition) is 2. The molecular weight excluding hydrogens is 242 g/mol. The van der Waals surface area contributed by atoms with E-state index in [-0.39, 0.29) is 29.8 Å². The topological polar surface area (TPSA) is 83.5 Å². The average molecular weight is 263 g/mol. The lowest BCUT2D eigenvalue weighted by atomic mass is 9.95. The zero-order valence-corrected chi connectivity index (χ0v) is 11.0. The highest BCUT2D eigenvalue weighted by Crippen LogP contribution is 2.22. The molecule has 5 nitrogen and oxygen atoms in total. The normalized spacial score (nSPS) is 20.1. The summed E-state index contributed by atoms with van der Waals surface area (Å²) >= 11 is 0. The summed E-state index contributed by atoms with van der Waals surface area (Å²) in [5.74, 6) is -0.731. The molecule has 1 rings (SSSR count). The lowest BCUT2D eigenvalue weighted by Crippen LogP contribution is -2.37. The van der Waals surface area contributed by atoms with Crippen molar-refractivity contribution in [2.75, 3.05) is 18.8 Å². The molecule has 0 radical (unpaired) electrons. The maximum atomic E-state index is 12.0. The van der Waals surface area contributed by atoms with Crippen LogP contribution in [0.4, 0.5) is 0 Å². The van der Waals surface area contributed by atoms with E-state index < -0.39 is 15.8 Å². The van der Waals surface area contributed by atoms with Crippen molar-refractivity contribution >= 4 is 15.8 Å². The number of carbonyl (C=O) groups is 1. The molecule has 1 saturated heterocycles. The summed E-state index contributed by atoms with van der Waals surface area (Å²) in [7, 11) is -3.15. The van der Waals surface area contributed by atoms with Crippen molar-refractivity contribution in [3.05, 3.63) is 0 Å². The average Bonchev–Trinajstić information content (AvgIpc) is 2.28. The molecule has 1 aliphatic heterocycles. The number of hydrogen-bond acceptors (Lipinski definition) is 4. The molecule has 17 heavy (non-hydrogen) atoms. The molecule has 0 aromatic rings. The Bertz CT molecular complexity index is 346. The van der Waals surface area contributed by atoms with Crippen molar-refractivity contribution < 1.29 is 18.3 Å². The fourth-order valence-electron chi connectivity index (χ4n) is 2.22. The Labute approximate surface area is 103 Å². The third-order valence-corrected chi connectivity index (χ3v) is 5.81. The molecule has 0 amide bonds. The molecule has 1 atom stereocenters. The van der Waals surface area contributed by atoms with Gasteiger partial charge in [0, 0.05) is 6.42 Å². The van der Waals surface area contributed by atoms with Crippen LogP contribution < -0.4 is 5.32 Å². The van der Waals surface area contributed by atoms with Gasteiger partial charge in [0.25, 0.3) is 0 Å². The van der Waals surface area contributed by atoms with Gasteiger partial charge in [0.05, 0.1) is 11.0 Å². The second kappa shape index (κ2) is 6.35. The van der Waals surface area contributed by atoms with Gasteiger partial charge >= 0.3 is 5.97 Å². The van der Waals surface area contributed by atoms with Crippen LogP contribution in [0.2, 0.25) is 0 Å². The standard InChI is InChI=1S/C11H21NO4S/c1-9(10-4-6-12-7-5-10)17(15,16)8-2-3-11(13)14/h9-10,12H,2-8H2,1H3,(H,13,14). The first-order valence-corrected chi connectivity index (χ1v) is 7.79. The monoisotopic (exact) mass is 263 g/mol. The summed E-state index contributed by atoms with van der Waals surface area (Å²) in [5.41, 5.74) is 0. The molecule has 0 saturated carbocycles. The minimum absolute atomic E-state index is 0.00953. The number of aliphatic carboxylic acids is 1. The van der Waals surface area contributed by atoms with Crippen molar-refractivity contribution in [1.29, 1.82) is 0 Å². The predicted molar refractivity (Wildman–Crippen MR) is 65.7 cm³/mol. The van der Waals surface area contributed by atoms with Gasteiger partial charge in [-0.15, -0.1) is 0 Å². The molecule has 1 unspecified atom stereocenters. The van der Waals surface area contributed by atoms with Gasteiger partial charge in [-0.3, -0.25) is 4.79 Å². The predicted octanol–water partition coefficient (Wildman–Crippen LogP) is 0.654. The number of rotatable bonds is 6. The van der Waals surface area contributed by atoms with Crippen molar-refractivity contribution in [1.82, 2.24) is 5.32 Å². The number of sulfone groups is 1. The first kappa shape index (κ1) is 14.4. The van der Waals surface area contributed by atoms with Crippen LogP contribution in [0, 0.1) is 5.92 Å². The zero-order valence-electron chi connectivity index (χ0n) is 10.2. The van der Waals surface area contributed by atoms with Gasteiger partial charge in [-0.2, -0.15) is 0 Å². The van der Waals surface area contributed by atoms with Crippen LogP contribution in [0.25, 0.3) is 0 Å². The lowest BCUT2D eigenvalue weighted by molar-refractivity contribution is -0.137. The minimum atomic E-state index is -3.15. The molecule has 2 N–H and O–H groups in total. The second-order valence-electron chi connectivity index (χ2n) is 4.66. The highest BCUT2D eigenvalue weighted by molar-refractivity contribution is 7.92. The number of carboxylic acids is 1. The smallest absolute Gasteiger partial charge is 0.303 e. The fourth-order valence-corrected chi connectivity index (χ4v) is 3.99. The van der Waals surface area contributed by atoms with Gasteiger partial charge in [0.2, 0.25) is 0 Å². The maximum absolute atomic E-state index is 12.0. The van der Waals surface area contributed by atoms with Gasteiger partial charge in [0.15, 0.2) is 9.84 Å². The van der Waals surface area contributed by atoms with Gasteiger partial charge in [-0.1, -0.05) is 0 Å². The first-order valence-electron chi connectivity index (χ1n) is 6.07. The van der Waals surface area contributed by atoms with E-state index in [9.17, 15) is 13.2 Å². The van der Waals surface area contributed by atoms with Crippen molar-refractivity contribution in [3.8, 4) is 0 Å². The SMILES string of the molecule is CC(C1CCNCC1)S(=O)(=O)CCCC(=O)O. The molecule has 0 aromatic carbocycles. The van der Waals surface area contributed by atoms with E-state index in [0.29, 0.717) is 0 Å². The molecular formula is C11H21NO4S. The summed E-state index contributed by atoms with van der Waals surface area (Å²) in [6.07, 6.45) is 1.92. The Balaban J connectivity index is 2.47. The van der Waals surface area contributed by atoms with Crippen LogP contribution in [-0.4, -0.2) is 43.6 Å².